The second-order valence-corrected chi connectivity index (χ2v) is 4.45. The molecule has 1 heterocycles. The van der Waals surface area contributed by atoms with Crippen LogP contribution in [0, 0.1) is 0 Å². The Morgan fingerprint density at radius 1 is 1.46 bits per heavy atom. The molecule has 1 atom stereocenters. The van der Waals surface area contributed by atoms with E-state index in [-0.39, 0.29) is 6.61 Å². The number of rotatable bonds is 1. The summed E-state index contributed by atoms with van der Waals surface area (Å²) in [5, 5.41) is 9.26. The van der Waals surface area contributed by atoms with E-state index in [1.165, 1.54) is 5.56 Å². The summed E-state index contributed by atoms with van der Waals surface area (Å²) in [5.74, 6) is 1.82. The minimum absolute atomic E-state index is 0.0248. The van der Waals surface area contributed by atoms with Crippen molar-refractivity contribution in [2.75, 3.05) is 12.4 Å². The lowest BCUT2D eigenvalue weighted by molar-refractivity contribution is 0.211. The van der Waals surface area contributed by atoms with Crippen molar-refractivity contribution < 1.29 is 5.11 Å². The molecule has 1 aromatic rings. The Morgan fingerprint density at radius 2 is 2.23 bits per heavy atom. The van der Waals surface area contributed by atoms with E-state index in [9.17, 15) is 5.11 Å². The molecule has 0 radical (unpaired) electrons. The zero-order valence-electron chi connectivity index (χ0n) is 7.36. The van der Waals surface area contributed by atoms with Crippen molar-refractivity contribution in [3.63, 3.8) is 0 Å². The molecule has 0 bridgehead atoms. The third kappa shape index (κ3) is 1.47. The second-order valence-electron chi connectivity index (χ2n) is 3.46. The summed E-state index contributed by atoms with van der Waals surface area (Å²) in [6, 6.07) is 8.10. The van der Waals surface area contributed by atoms with Gasteiger partial charge in [0.25, 0.3) is 0 Å². The lowest BCUT2D eigenvalue weighted by Gasteiger charge is -2.33. The highest BCUT2D eigenvalue weighted by atomic mass is 32.2. The fourth-order valence-electron chi connectivity index (χ4n) is 1.68. The summed E-state index contributed by atoms with van der Waals surface area (Å²) in [4.78, 5) is 0. The average Bonchev–Trinajstić information content (AvgIpc) is 2.19. The van der Waals surface area contributed by atoms with E-state index in [4.69, 9.17) is 5.73 Å². The van der Waals surface area contributed by atoms with E-state index in [2.05, 4.69) is 6.07 Å². The molecule has 13 heavy (non-hydrogen) atoms. The van der Waals surface area contributed by atoms with Crippen LogP contribution in [0.1, 0.15) is 11.1 Å². The van der Waals surface area contributed by atoms with Crippen molar-refractivity contribution >= 4 is 11.8 Å². The van der Waals surface area contributed by atoms with Crippen LogP contribution in [0.4, 0.5) is 0 Å². The van der Waals surface area contributed by atoms with Gasteiger partial charge in [0, 0.05) is 11.5 Å². The second kappa shape index (κ2) is 3.33. The number of aliphatic hydroxyl groups is 1. The Balaban J connectivity index is 2.48. The molecule has 1 unspecified atom stereocenters. The summed E-state index contributed by atoms with van der Waals surface area (Å²) in [5.41, 5.74) is 7.94. The van der Waals surface area contributed by atoms with Gasteiger partial charge in [-0.05, 0) is 11.1 Å². The predicted molar refractivity (Wildman–Crippen MR) is 55.6 cm³/mol. The molecule has 1 aliphatic rings. The lowest BCUT2D eigenvalue weighted by Crippen LogP contribution is -2.45. The first-order valence-corrected chi connectivity index (χ1v) is 5.47. The first-order valence-electron chi connectivity index (χ1n) is 4.32. The third-order valence-corrected chi connectivity index (χ3v) is 3.69. The molecule has 0 spiro atoms. The number of thioether (sulfide) groups is 1. The highest BCUT2D eigenvalue weighted by Crippen LogP contribution is 2.33. The fraction of sp³-hybridized carbons (Fsp3) is 0.400. The van der Waals surface area contributed by atoms with Crippen LogP contribution in [0.5, 0.6) is 0 Å². The SMILES string of the molecule is NC1(CO)CSCc2ccccc21. The Labute approximate surface area is 82.1 Å². The van der Waals surface area contributed by atoms with Crippen LogP contribution >= 0.6 is 11.8 Å². The van der Waals surface area contributed by atoms with Crippen molar-refractivity contribution in [1.82, 2.24) is 0 Å². The van der Waals surface area contributed by atoms with Gasteiger partial charge in [-0.15, -0.1) is 0 Å². The van der Waals surface area contributed by atoms with E-state index < -0.39 is 5.54 Å². The van der Waals surface area contributed by atoms with E-state index in [1.807, 2.05) is 18.2 Å². The van der Waals surface area contributed by atoms with Crippen LogP contribution in [0.15, 0.2) is 24.3 Å². The Morgan fingerprint density at radius 3 is 3.00 bits per heavy atom. The number of hydrogen-bond donors (Lipinski definition) is 2. The number of nitrogens with two attached hydrogens (primary N) is 1. The maximum atomic E-state index is 9.26. The largest absolute Gasteiger partial charge is 0.394 e. The topological polar surface area (TPSA) is 46.2 Å². The fourth-order valence-corrected chi connectivity index (χ4v) is 2.87. The van der Waals surface area contributed by atoms with Gasteiger partial charge >= 0.3 is 0 Å². The van der Waals surface area contributed by atoms with Crippen LogP contribution in [0.25, 0.3) is 0 Å². The molecule has 0 saturated heterocycles. The van der Waals surface area contributed by atoms with E-state index in [0.717, 1.165) is 17.1 Å². The van der Waals surface area contributed by atoms with Gasteiger partial charge < -0.3 is 10.8 Å². The number of hydrogen-bond acceptors (Lipinski definition) is 3. The molecule has 0 saturated carbocycles. The molecule has 3 heteroatoms. The lowest BCUT2D eigenvalue weighted by atomic mass is 9.90. The van der Waals surface area contributed by atoms with Gasteiger partial charge in [0.15, 0.2) is 0 Å². The molecule has 70 valence electrons. The summed E-state index contributed by atoms with van der Waals surface area (Å²) < 4.78 is 0. The molecule has 1 aliphatic heterocycles. The minimum atomic E-state index is -0.528. The highest BCUT2D eigenvalue weighted by Gasteiger charge is 2.31. The van der Waals surface area contributed by atoms with Gasteiger partial charge in [0.05, 0.1) is 12.1 Å². The molecule has 0 aromatic heterocycles. The maximum absolute atomic E-state index is 9.26. The third-order valence-electron chi connectivity index (χ3n) is 2.45. The van der Waals surface area contributed by atoms with Crippen molar-refractivity contribution in [2.24, 2.45) is 5.73 Å². The van der Waals surface area contributed by atoms with E-state index in [1.54, 1.807) is 11.8 Å². The molecule has 0 amide bonds. The molecule has 2 rings (SSSR count). The monoisotopic (exact) mass is 195 g/mol. The number of benzene rings is 1. The summed E-state index contributed by atoms with van der Waals surface area (Å²) in [6.45, 7) is 0.0248. The molecule has 3 N–H and O–H groups in total. The average molecular weight is 195 g/mol. The Kier molecular flexibility index (Phi) is 2.32. The molecule has 0 fully saturated rings. The van der Waals surface area contributed by atoms with Crippen LogP contribution in [-0.4, -0.2) is 17.5 Å². The zero-order chi connectivity index (χ0) is 9.31. The minimum Gasteiger partial charge on any atom is -0.394 e. The molecular weight excluding hydrogens is 182 g/mol. The van der Waals surface area contributed by atoms with Gasteiger partial charge in [-0.25, -0.2) is 0 Å². The normalized spacial score (nSPS) is 26.9. The van der Waals surface area contributed by atoms with Crippen molar-refractivity contribution in [3.8, 4) is 0 Å². The molecular formula is C10H13NOS. The quantitative estimate of drug-likeness (QED) is 0.705. The molecule has 2 nitrogen and oxygen atoms in total. The standard InChI is InChI=1S/C10H13NOS/c11-10(6-12)7-13-5-8-3-1-2-4-9(8)10/h1-4,12H,5-7,11H2. The molecule has 1 aromatic carbocycles. The Bertz CT molecular complexity index is 316. The van der Waals surface area contributed by atoms with Crippen molar-refractivity contribution in [3.05, 3.63) is 35.4 Å². The van der Waals surface area contributed by atoms with E-state index in [0.29, 0.717) is 0 Å². The van der Waals surface area contributed by atoms with Crippen molar-refractivity contribution in [2.45, 2.75) is 11.3 Å². The smallest absolute Gasteiger partial charge is 0.0738 e. The van der Waals surface area contributed by atoms with Gasteiger partial charge in [0.2, 0.25) is 0 Å². The number of aliphatic hydroxyl groups excluding tert-OH is 1. The summed E-state index contributed by atoms with van der Waals surface area (Å²) in [6.07, 6.45) is 0. The first kappa shape index (κ1) is 9.06. The maximum Gasteiger partial charge on any atom is 0.0738 e. The summed E-state index contributed by atoms with van der Waals surface area (Å²) in [7, 11) is 0. The van der Waals surface area contributed by atoms with Gasteiger partial charge in [-0.3, -0.25) is 0 Å². The Hall–Kier alpha value is -0.510. The van der Waals surface area contributed by atoms with Crippen LogP contribution in [-0.2, 0) is 11.3 Å². The van der Waals surface area contributed by atoms with Gasteiger partial charge in [-0.1, -0.05) is 24.3 Å². The van der Waals surface area contributed by atoms with Crippen LogP contribution in [0.2, 0.25) is 0 Å². The molecule has 0 aliphatic carbocycles. The van der Waals surface area contributed by atoms with Crippen LogP contribution < -0.4 is 5.73 Å². The van der Waals surface area contributed by atoms with E-state index >= 15 is 0 Å². The predicted octanol–water partition coefficient (Wildman–Crippen LogP) is 1.08. The summed E-state index contributed by atoms with van der Waals surface area (Å²) >= 11 is 1.78. The highest BCUT2D eigenvalue weighted by molar-refractivity contribution is 7.98. The first-order chi connectivity index (χ1) is 6.26. The van der Waals surface area contributed by atoms with Gasteiger partial charge in [0.1, 0.15) is 0 Å². The van der Waals surface area contributed by atoms with Gasteiger partial charge in [-0.2, -0.15) is 11.8 Å². The zero-order valence-corrected chi connectivity index (χ0v) is 8.18. The van der Waals surface area contributed by atoms with Crippen molar-refractivity contribution in [1.29, 1.82) is 0 Å². The number of fused-ring (bicyclic) bond motifs is 1. The van der Waals surface area contributed by atoms with Crippen LogP contribution in [0.3, 0.4) is 0 Å².